The summed E-state index contributed by atoms with van der Waals surface area (Å²) in [4.78, 5) is 12.6. The number of hydrogen-bond donors (Lipinski definition) is 0. The summed E-state index contributed by atoms with van der Waals surface area (Å²) in [6.07, 6.45) is 0. The van der Waals surface area contributed by atoms with Crippen molar-refractivity contribution in [3.8, 4) is 11.8 Å². The fourth-order valence-corrected chi connectivity index (χ4v) is 3.57. The average molecular weight is 358 g/mol. The molecule has 3 aromatic rings. The van der Waals surface area contributed by atoms with Crippen molar-refractivity contribution in [2.24, 2.45) is 0 Å². The lowest BCUT2D eigenvalue weighted by Crippen LogP contribution is -2.15. The summed E-state index contributed by atoms with van der Waals surface area (Å²) in [6, 6.07) is 16.5. The van der Waals surface area contributed by atoms with Crippen LogP contribution in [0.5, 0.6) is 5.75 Å². The summed E-state index contributed by atoms with van der Waals surface area (Å²) in [5.41, 5.74) is 0.373. The number of thiophene rings is 1. The van der Waals surface area contributed by atoms with Crippen LogP contribution in [-0.2, 0) is 16.1 Å². The van der Waals surface area contributed by atoms with E-state index in [9.17, 15) is 4.79 Å². The number of rotatable bonds is 5. The highest BCUT2D eigenvalue weighted by atomic mass is 35.5. The van der Waals surface area contributed by atoms with Crippen molar-refractivity contribution < 1.29 is 14.3 Å². The number of carbonyl (C=O) groups excluding carboxylic acids is 1. The molecule has 4 nitrogen and oxygen atoms in total. The number of esters is 1. The SMILES string of the molecule is N#Cc1ccccc1OCC(=O)OCc1sc2ccccc2c1Cl. The molecule has 0 atom stereocenters. The van der Waals surface area contributed by atoms with Gasteiger partial charge >= 0.3 is 5.97 Å². The lowest BCUT2D eigenvalue weighted by molar-refractivity contribution is -0.147. The van der Waals surface area contributed by atoms with E-state index in [4.69, 9.17) is 26.3 Å². The number of nitriles is 1. The quantitative estimate of drug-likeness (QED) is 0.628. The zero-order valence-corrected chi connectivity index (χ0v) is 14.1. The minimum absolute atomic E-state index is 0.0975. The van der Waals surface area contributed by atoms with Crippen molar-refractivity contribution >= 4 is 39.0 Å². The fraction of sp³-hybridized carbons (Fsp3) is 0.111. The van der Waals surface area contributed by atoms with E-state index in [-0.39, 0.29) is 13.2 Å². The Morgan fingerprint density at radius 1 is 1.17 bits per heavy atom. The maximum absolute atomic E-state index is 11.8. The van der Waals surface area contributed by atoms with Crippen LogP contribution in [0.1, 0.15) is 10.4 Å². The molecular weight excluding hydrogens is 346 g/mol. The first-order valence-electron chi connectivity index (χ1n) is 7.12. The number of carbonyl (C=O) groups is 1. The third-order valence-electron chi connectivity index (χ3n) is 3.32. The van der Waals surface area contributed by atoms with Gasteiger partial charge in [0.2, 0.25) is 0 Å². The lowest BCUT2D eigenvalue weighted by atomic mass is 10.2. The Bertz CT molecular complexity index is 929. The van der Waals surface area contributed by atoms with Gasteiger partial charge in [0.05, 0.1) is 15.5 Å². The molecule has 0 saturated heterocycles. The van der Waals surface area contributed by atoms with Crippen molar-refractivity contribution in [1.82, 2.24) is 0 Å². The third kappa shape index (κ3) is 3.51. The van der Waals surface area contributed by atoms with Crippen LogP contribution >= 0.6 is 22.9 Å². The van der Waals surface area contributed by atoms with Gasteiger partial charge in [-0.15, -0.1) is 11.3 Å². The van der Waals surface area contributed by atoms with Gasteiger partial charge in [0.15, 0.2) is 6.61 Å². The van der Waals surface area contributed by atoms with Crippen LogP contribution in [0.4, 0.5) is 0 Å². The third-order valence-corrected chi connectivity index (χ3v) is 5.01. The van der Waals surface area contributed by atoms with Crippen molar-refractivity contribution in [1.29, 1.82) is 5.26 Å². The number of nitrogens with zero attached hydrogens (tertiary/aromatic N) is 1. The molecule has 0 aliphatic carbocycles. The highest BCUT2D eigenvalue weighted by molar-refractivity contribution is 7.19. The van der Waals surface area contributed by atoms with Crippen LogP contribution in [0, 0.1) is 11.3 Å². The molecule has 0 amide bonds. The minimum Gasteiger partial charge on any atom is -0.481 e. The van der Waals surface area contributed by atoms with E-state index in [2.05, 4.69) is 0 Å². The number of ether oxygens (including phenoxy) is 2. The molecule has 0 fully saturated rings. The van der Waals surface area contributed by atoms with Gasteiger partial charge in [-0.25, -0.2) is 4.79 Å². The van der Waals surface area contributed by atoms with E-state index in [0.717, 1.165) is 15.0 Å². The summed E-state index contributed by atoms with van der Waals surface area (Å²) >= 11 is 7.80. The molecule has 2 aromatic carbocycles. The molecule has 0 aliphatic rings. The number of benzene rings is 2. The maximum Gasteiger partial charge on any atom is 0.344 e. The summed E-state index contributed by atoms with van der Waals surface area (Å²) in [5, 5.41) is 10.5. The first-order valence-corrected chi connectivity index (χ1v) is 8.32. The molecule has 1 heterocycles. The van der Waals surface area contributed by atoms with Gasteiger partial charge in [0, 0.05) is 10.1 Å². The highest BCUT2D eigenvalue weighted by Gasteiger charge is 2.13. The van der Waals surface area contributed by atoms with Crippen LogP contribution < -0.4 is 4.74 Å². The topological polar surface area (TPSA) is 59.3 Å². The number of hydrogen-bond acceptors (Lipinski definition) is 5. The normalized spacial score (nSPS) is 10.3. The van der Waals surface area contributed by atoms with Gasteiger partial charge in [0.1, 0.15) is 18.4 Å². The highest BCUT2D eigenvalue weighted by Crippen LogP contribution is 2.35. The molecule has 0 spiro atoms. The Kier molecular flexibility index (Phi) is 4.99. The van der Waals surface area contributed by atoms with Crippen molar-refractivity contribution in [3.05, 3.63) is 64.0 Å². The molecule has 120 valence electrons. The van der Waals surface area contributed by atoms with Gasteiger partial charge in [-0.2, -0.15) is 5.26 Å². The molecule has 0 unspecified atom stereocenters. The summed E-state index contributed by atoms with van der Waals surface area (Å²) in [5.74, 6) is -0.159. The smallest absolute Gasteiger partial charge is 0.344 e. The Hall–Kier alpha value is -2.55. The molecule has 0 saturated carbocycles. The summed E-state index contributed by atoms with van der Waals surface area (Å²) < 4.78 is 11.6. The number of fused-ring (bicyclic) bond motifs is 1. The van der Waals surface area contributed by atoms with Crippen molar-refractivity contribution in [2.45, 2.75) is 6.61 Å². The van der Waals surface area contributed by atoms with E-state index >= 15 is 0 Å². The van der Waals surface area contributed by atoms with Crippen LogP contribution in [0.15, 0.2) is 48.5 Å². The predicted molar refractivity (Wildman–Crippen MR) is 93.3 cm³/mol. The Labute approximate surface area is 147 Å². The number of halogens is 1. The molecule has 1 aromatic heterocycles. The van der Waals surface area contributed by atoms with E-state index in [1.807, 2.05) is 30.3 Å². The van der Waals surface area contributed by atoms with E-state index in [1.54, 1.807) is 24.3 Å². The summed E-state index contributed by atoms with van der Waals surface area (Å²) in [7, 11) is 0. The second kappa shape index (κ2) is 7.35. The molecule has 0 bridgehead atoms. The van der Waals surface area contributed by atoms with Crippen LogP contribution in [-0.4, -0.2) is 12.6 Å². The lowest BCUT2D eigenvalue weighted by Gasteiger charge is -2.07. The van der Waals surface area contributed by atoms with Crippen LogP contribution in [0.25, 0.3) is 10.1 Å². The Morgan fingerprint density at radius 3 is 2.71 bits per heavy atom. The van der Waals surface area contributed by atoms with E-state index in [1.165, 1.54) is 11.3 Å². The minimum atomic E-state index is -0.517. The van der Waals surface area contributed by atoms with Crippen molar-refractivity contribution in [3.63, 3.8) is 0 Å². The second-order valence-corrected chi connectivity index (χ2v) is 6.41. The van der Waals surface area contributed by atoms with Gasteiger partial charge in [-0.1, -0.05) is 41.9 Å². The molecule has 0 aliphatic heterocycles. The monoisotopic (exact) mass is 357 g/mol. The van der Waals surface area contributed by atoms with Crippen molar-refractivity contribution in [2.75, 3.05) is 6.61 Å². The molecule has 24 heavy (non-hydrogen) atoms. The maximum atomic E-state index is 11.8. The van der Waals surface area contributed by atoms with Gasteiger partial charge in [-0.05, 0) is 18.2 Å². The first-order chi connectivity index (χ1) is 11.7. The number of para-hydroxylation sites is 1. The zero-order valence-electron chi connectivity index (χ0n) is 12.5. The molecule has 6 heteroatoms. The predicted octanol–water partition coefficient (Wildman–Crippen LogP) is 4.55. The molecule has 0 radical (unpaired) electrons. The Balaban J connectivity index is 1.59. The molecular formula is C18H12ClNO3S. The Morgan fingerprint density at radius 2 is 1.92 bits per heavy atom. The summed E-state index contributed by atoms with van der Waals surface area (Å²) in [6.45, 7) is -0.165. The standard InChI is InChI=1S/C18H12ClNO3S/c19-18-13-6-2-4-8-15(13)24-16(18)10-23-17(21)11-22-14-7-3-1-5-12(14)9-20/h1-8H,10-11H2. The second-order valence-electron chi connectivity index (χ2n) is 4.89. The zero-order chi connectivity index (χ0) is 16.9. The van der Waals surface area contributed by atoms with Gasteiger partial charge in [0.25, 0.3) is 0 Å². The van der Waals surface area contributed by atoms with Crippen LogP contribution in [0.2, 0.25) is 5.02 Å². The van der Waals surface area contributed by atoms with E-state index < -0.39 is 5.97 Å². The largest absolute Gasteiger partial charge is 0.481 e. The average Bonchev–Trinajstić information content (AvgIpc) is 2.94. The van der Waals surface area contributed by atoms with E-state index in [0.29, 0.717) is 16.3 Å². The van der Waals surface area contributed by atoms with Gasteiger partial charge in [-0.3, -0.25) is 0 Å². The van der Waals surface area contributed by atoms with Crippen LogP contribution in [0.3, 0.4) is 0 Å². The first kappa shape index (κ1) is 16.3. The fourth-order valence-electron chi connectivity index (χ4n) is 2.17. The molecule has 3 rings (SSSR count). The van der Waals surface area contributed by atoms with Gasteiger partial charge < -0.3 is 9.47 Å². The molecule has 0 N–H and O–H groups in total.